The summed E-state index contributed by atoms with van der Waals surface area (Å²) in [6, 6.07) is 11.3. The second-order valence-corrected chi connectivity index (χ2v) is 6.92. The molecule has 0 atom stereocenters. The molecule has 2 rings (SSSR count). The molecule has 0 fully saturated rings. The van der Waals surface area contributed by atoms with Crippen LogP contribution in [-0.4, -0.2) is 10.7 Å². The van der Waals surface area contributed by atoms with Crippen LogP contribution in [0, 0.1) is 11.6 Å². The summed E-state index contributed by atoms with van der Waals surface area (Å²) in [5.74, 6) is -0.538. The molecule has 2 aromatic carbocycles. The van der Waals surface area contributed by atoms with Crippen LogP contribution < -0.4 is 0 Å². The third-order valence-electron chi connectivity index (χ3n) is 3.49. The van der Waals surface area contributed by atoms with Gasteiger partial charge in [-0.1, -0.05) is 66.0 Å². The zero-order valence-electron chi connectivity index (χ0n) is 11.1. The van der Waals surface area contributed by atoms with Crippen molar-refractivity contribution in [3.8, 4) is 0 Å². The van der Waals surface area contributed by atoms with Gasteiger partial charge in [0.25, 0.3) is 0 Å². The average Bonchev–Trinajstić information content (AvgIpc) is 2.49. The number of rotatable bonds is 5. The van der Waals surface area contributed by atoms with Gasteiger partial charge in [0.15, 0.2) is 0 Å². The summed E-state index contributed by atoms with van der Waals surface area (Å²) in [6.07, 6.45) is 0.517. The lowest BCUT2D eigenvalue weighted by Gasteiger charge is -2.31. The van der Waals surface area contributed by atoms with Crippen molar-refractivity contribution in [2.45, 2.75) is 11.8 Å². The minimum absolute atomic E-state index is 0.246. The predicted molar refractivity (Wildman–Crippen MR) is 93.5 cm³/mol. The van der Waals surface area contributed by atoms with Crippen molar-refractivity contribution in [3.63, 3.8) is 0 Å². The van der Waals surface area contributed by atoms with Crippen LogP contribution in [0.4, 0.5) is 8.78 Å². The molecule has 0 aliphatic heterocycles. The van der Waals surface area contributed by atoms with Gasteiger partial charge in [-0.3, -0.25) is 0 Å². The van der Waals surface area contributed by atoms with E-state index in [9.17, 15) is 8.78 Å². The van der Waals surface area contributed by atoms with E-state index < -0.39 is 5.41 Å². The van der Waals surface area contributed by atoms with E-state index in [-0.39, 0.29) is 11.6 Å². The average molecular weight is 483 g/mol. The quantitative estimate of drug-likeness (QED) is 0.459. The summed E-state index contributed by atoms with van der Waals surface area (Å²) in [5.41, 5.74) is 0.953. The molecule has 0 spiro atoms. The molecule has 0 radical (unpaired) electrons. The minimum atomic E-state index is -0.484. The highest BCUT2D eigenvalue weighted by Crippen LogP contribution is 2.36. The Hall–Kier alpha value is -0.260. The van der Waals surface area contributed by atoms with Crippen LogP contribution in [-0.2, 0) is 11.8 Å². The van der Waals surface area contributed by atoms with Crippen LogP contribution in [0.5, 0.6) is 0 Å². The van der Waals surface area contributed by atoms with Crippen molar-refractivity contribution in [3.05, 3.63) is 69.7 Å². The van der Waals surface area contributed by atoms with Crippen LogP contribution in [0.3, 0.4) is 0 Å². The lowest BCUT2D eigenvalue weighted by Crippen LogP contribution is -2.34. The van der Waals surface area contributed by atoms with Gasteiger partial charge in [0.2, 0.25) is 0 Å². The van der Waals surface area contributed by atoms with Gasteiger partial charge in [-0.15, -0.1) is 0 Å². The van der Waals surface area contributed by atoms with Crippen LogP contribution in [0.1, 0.15) is 11.1 Å². The van der Waals surface area contributed by atoms with Crippen molar-refractivity contribution < 1.29 is 8.78 Å². The van der Waals surface area contributed by atoms with E-state index in [1.54, 1.807) is 18.2 Å². The number of hydrogen-bond donors (Lipinski definition) is 0. The normalized spacial score (nSPS) is 11.7. The second-order valence-electron chi connectivity index (χ2n) is 4.94. The number of hydrogen-bond acceptors (Lipinski definition) is 0. The van der Waals surface area contributed by atoms with Gasteiger partial charge in [0.1, 0.15) is 11.6 Å². The largest absolute Gasteiger partial charge is 0.207 e. The fraction of sp³-hybridized carbons (Fsp3) is 0.250. The van der Waals surface area contributed by atoms with Crippen molar-refractivity contribution >= 4 is 47.8 Å². The fourth-order valence-electron chi connectivity index (χ4n) is 2.30. The SMILES string of the molecule is Fc1ccc(Br)c(CC(CBr)(CBr)c2ccccc2F)c1. The van der Waals surface area contributed by atoms with E-state index in [2.05, 4.69) is 47.8 Å². The van der Waals surface area contributed by atoms with E-state index >= 15 is 0 Å². The number of alkyl halides is 2. The summed E-state index contributed by atoms with van der Waals surface area (Å²) in [5, 5.41) is 1.13. The molecule has 0 saturated carbocycles. The Kier molecular flexibility index (Phi) is 5.97. The van der Waals surface area contributed by atoms with Gasteiger partial charge in [-0.05, 0) is 41.8 Å². The predicted octanol–water partition coefficient (Wildman–Crippen LogP) is 6.00. The molecular formula is C16H13Br3F2. The molecule has 112 valence electrons. The maximum absolute atomic E-state index is 14.2. The van der Waals surface area contributed by atoms with Gasteiger partial charge in [0, 0.05) is 20.5 Å². The Morgan fingerprint density at radius 2 is 1.62 bits per heavy atom. The van der Waals surface area contributed by atoms with Gasteiger partial charge in [0.05, 0.1) is 0 Å². The molecule has 21 heavy (non-hydrogen) atoms. The maximum atomic E-state index is 14.2. The molecule has 0 aliphatic rings. The molecule has 0 amide bonds. The highest BCUT2D eigenvalue weighted by molar-refractivity contribution is 9.10. The van der Waals surface area contributed by atoms with Crippen molar-refractivity contribution in [1.82, 2.24) is 0 Å². The van der Waals surface area contributed by atoms with Crippen molar-refractivity contribution in [2.24, 2.45) is 0 Å². The van der Waals surface area contributed by atoms with E-state index in [0.717, 1.165) is 10.0 Å². The smallest absolute Gasteiger partial charge is 0.127 e. The molecular weight excluding hydrogens is 470 g/mol. The zero-order valence-corrected chi connectivity index (χ0v) is 15.8. The number of halogens is 5. The molecule has 5 heteroatoms. The summed E-state index contributed by atoms with van der Waals surface area (Å²) in [4.78, 5) is 0. The van der Waals surface area contributed by atoms with Gasteiger partial charge >= 0.3 is 0 Å². The first-order valence-corrected chi connectivity index (χ1v) is 9.37. The van der Waals surface area contributed by atoms with Crippen molar-refractivity contribution in [2.75, 3.05) is 10.7 Å². The summed E-state index contributed by atoms with van der Waals surface area (Å²) >= 11 is 10.4. The standard InChI is InChI=1S/C16H13Br3F2/c17-9-16(10-18,13-3-1-2-4-15(13)21)8-11-7-12(20)5-6-14(11)19/h1-7H,8-10H2. The first-order chi connectivity index (χ1) is 10.0. The third kappa shape index (κ3) is 3.74. The van der Waals surface area contributed by atoms with Crippen LogP contribution in [0.25, 0.3) is 0 Å². The van der Waals surface area contributed by atoms with E-state index in [4.69, 9.17) is 0 Å². The first-order valence-electron chi connectivity index (χ1n) is 6.33. The van der Waals surface area contributed by atoms with Gasteiger partial charge in [-0.25, -0.2) is 8.78 Å². The summed E-state index contributed by atoms with van der Waals surface area (Å²) < 4.78 is 28.5. The molecule has 0 nitrogen and oxygen atoms in total. The molecule has 0 saturated heterocycles. The Balaban J connectivity index is 2.48. The van der Waals surface area contributed by atoms with Crippen molar-refractivity contribution in [1.29, 1.82) is 0 Å². The van der Waals surface area contributed by atoms with Gasteiger partial charge in [-0.2, -0.15) is 0 Å². The highest BCUT2D eigenvalue weighted by Gasteiger charge is 2.33. The number of benzene rings is 2. The monoisotopic (exact) mass is 480 g/mol. The van der Waals surface area contributed by atoms with E-state index in [1.165, 1.54) is 18.2 Å². The lowest BCUT2D eigenvalue weighted by molar-refractivity contribution is 0.498. The second kappa shape index (κ2) is 7.34. The topological polar surface area (TPSA) is 0 Å². The van der Waals surface area contributed by atoms with Gasteiger partial charge < -0.3 is 0 Å². The summed E-state index contributed by atoms with van der Waals surface area (Å²) in [7, 11) is 0. The molecule has 2 aromatic rings. The Morgan fingerprint density at radius 1 is 0.952 bits per heavy atom. The maximum Gasteiger partial charge on any atom is 0.127 e. The highest BCUT2D eigenvalue weighted by atomic mass is 79.9. The Morgan fingerprint density at radius 3 is 2.24 bits per heavy atom. The molecule has 0 aromatic heterocycles. The molecule has 0 unspecified atom stereocenters. The molecule has 0 N–H and O–H groups in total. The minimum Gasteiger partial charge on any atom is -0.207 e. The molecule has 0 aliphatic carbocycles. The Bertz CT molecular complexity index is 625. The van der Waals surface area contributed by atoms with E-state index in [1.807, 2.05) is 6.07 Å². The fourth-order valence-corrected chi connectivity index (χ4v) is 4.62. The van der Waals surface area contributed by atoms with Crippen LogP contribution in [0.2, 0.25) is 0 Å². The molecule has 0 bridgehead atoms. The Labute approximate surface area is 148 Å². The lowest BCUT2D eigenvalue weighted by atomic mass is 9.79. The molecule has 0 heterocycles. The first kappa shape index (κ1) is 17.1. The summed E-state index contributed by atoms with van der Waals surface area (Å²) in [6.45, 7) is 0. The zero-order chi connectivity index (χ0) is 15.5. The van der Waals surface area contributed by atoms with Crippen LogP contribution >= 0.6 is 47.8 Å². The van der Waals surface area contributed by atoms with E-state index in [0.29, 0.717) is 22.6 Å². The third-order valence-corrected chi connectivity index (χ3v) is 6.41. The van der Waals surface area contributed by atoms with Crippen LogP contribution in [0.15, 0.2) is 46.9 Å².